The molecule has 0 saturated heterocycles. The number of carbonyl (C=O) groups is 3. The van der Waals surface area contributed by atoms with Crippen LogP contribution in [0.1, 0.15) is 311 Å². The fraction of sp³-hybridized carbons (Fsp3) is 0.947. The van der Waals surface area contributed by atoms with E-state index >= 15 is 0 Å². The third kappa shape index (κ3) is 51.3. The highest BCUT2D eigenvalue weighted by molar-refractivity contribution is 5.71. The van der Waals surface area contributed by atoms with Gasteiger partial charge in [-0.25, -0.2) is 0 Å². The third-order valence-electron chi connectivity index (χ3n) is 12.9. The van der Waals surface area contributed by atoms with Crippen LogP contribution in [-0.4, -0.2) is 37.2 Å². The second kappa shape index (κ2) is 48.3. The van der Waals surface area contributed by atoms with Crippen molar-refractivity contribution >= 4 is 17.9 Å². The maximum atomic E-state index is 12.8. The fourth-order valence-corrected chi connectivity index (χ4v) is 8.65. The molecule has 0 aliphatic rings. The second-order valence-corrected chi connectivity index (χ2v) is 21.0. The van der Waals surface area contributed by atoms with E-state index in [4.69, 9.17) is 14.2 Å². The highest BCUT2D eigenvalue weighted by atomic mass is 16.6. The first kappa shape index (κ1) is 61.4. The van der Waals surface area contributed by atoms with Crippen LogP contribution in [0.5, 0.6) is 0 Å². The molecule has 0 aromatic heterocycles. The van der Waals surface area contributed by atoms with E-state index in [1.807, 2.05) is 0 Å². The zero-order valence-corrected chi connectivity index (χ0v) is 43.4. The molecule has 374 valence electrons. The van der Waals surface area contributed by atoms with Crippen LogP contribution in [0.3, 0.4) is 0 Å². The van der Waals surface area contributed by atoms with Gasteiger partial charge in [-0.1, -0.05) is 273 Å². The molecule has 0 amide bonds. The van der Waals surface area contributed by atoms with Crippen LogP contribution in [0, 0.1) is 17.8 Å². The Morgan fingerprint density at radius 2 is 0.460 bits per heavy atom. The number of ether oxygens (including phenoxy) is 3. The Bertz CT molecular complexity index is 976. The number of unbranched alkanes of at least 4 members (excludes halogenated alkanes) is 33. The third-order valence-corrected chi connectivity index (χ3v) is 12.9. The molecule has 6 nitrogen and oxygen atoms in total. The van der Waals surface area contributed by atoms with Crippen molar-refractivity contribution in [2.24, 2.45) is 17.8 Å². The molecule has 0 aliphatic carbocycles. The summed E-state index contributed by atoms with van der Waals surface area (Å²) < 4.78 is 16.9. The first-order valence-corrected chi connectivity index (χ1v) is 28.1. The van der Waals surface area contributed by atoms with E-state index in [-0.39, 0.29) is 31.1 Å². The molecule has 0 heterocycles. The molecule has 0 aromatic rings. The van der Waals surface area contributed by atoms with Crippen LogP contribution < -0.4 is 0 Å². The van der Waals surface area contributed by atoms with Gasteiger partial charge in [0.2, 0.25) is 0 Å². The Morgan fingerprint density at radius 3 is 0.683 bits per heavy atom. The van der Waals surface area contributed by atoms with E-state index in [0.717, 1.165) is 75.5 Å². The van der Waals surface area contributed by atoms with Crippen LogP contribution in [0.25, 0.3) is 0 Å². The number of rotatable bonds is 50. The minimum atomic E-state index is -0.763. The normalized spacial score (nSPS) is 12.1. The molecule has 0 unspecified atom stereocenters. The van der Waals surface area contributed by atoms with Crippen molar-refractivity contribution in [2.75, 3.05) is 13.2 Å². The first-order chi connectivity index (χ1) is 30.6. The Morgan fingerprint density at radius 1 is 0.270 bits per heavy atom. The minimum absolute atomic E-state index is 0.0638. The number of hydrogen-bond acceptors (Lipinski definition) is 6. The van der Waals surface area contributed by atoms with Gasteiger partial charge in [0.25, 0.3) is 0 Å². The maximum absolute atomic E-state index is 12.8. The molecule has 0 spiro atoms. The number of hydrogen-bond donors (Lipinski definition) is 0. The lowest BCUT2D eigenvalue weighted by Crippen LogP contribution is -2.30. The molecule has 63 heavy (non-hydrogen) atoms. The van der Waals surface area contributed by atoms with Crippen LogP contribution >= 0.6 is 0 Å². The number of esters is 3. The van der Waals surface area contributed by atoms with Gasteiger partial charge in [-0.05, 0) is 37.0 Å². The van der Waals surface area contributed by atoms with Gasteiger partial charge in [0.15, 0.2) is 6.10 Å². The Hall–Kier alpha value is -1.59. The molecule has 0 aromatic carbocycles. The molecular formula is C57H110O6. The SMILES string of the molecule is CC(C)CCCCCCCCCCCCCCCC(=O)O[C@@H](COC(=O)CCCCCCCCCCCCCCC(C)C)COC(=O)CCCCCCCCCCCCCC(C)C. The quantitative estimate of drug-likeness (QED) is 0.0344. The first-order valence-electron chi connectivity index (χ1n) is 28.1. The monoisotopic (exact) mass is 891 g/mol. The van der Waals surface area contributed by atoms with Crippen molar-refractivity contribution in [3.05, 3.63) is 0 Å². The van der Waals surface area contributed by atoms with E-state index in [0.29, 0.717) is 19.3 Å². The molecule has 0 N–H and O–H groups in total. The van der Waals surface area contributed by atoms with Crippen molar-refractivity contribution in [1.82, 2.24) is 0 Å². The maximum Gasteiger partial charge on any atom is 0.306 e. The summed E-state index contributed by atoms with van der Waals surface area (Å²) in [4.78, 5) is 38.1. The highest BCUT2D eigenvalue weighted by Gasteiger charge is 2.19. The van der Waals surface area contributed by atoms with Gasteiger partial charge >= 0.3 is 17.9 Å². The standard InChI is InChI=1S/C57H110O6/c1-51(2)43-37-31-25-19-13-8-7-9-17-24-30-36-42-48-57(60)63-54(50-62-56(59)47-41-35-29-23-18-12-15-21-27-33-39-45-53(5)6)49-61-55(58)46-40-34-28-22-16-11-10-14-20-26-32-38-44-52(3)4/h51-54H,7-50H2,1-6H3/t54-/m0/s1. The second-order valence-electron chi connectivity index (χ2n) is 21.0. The van der Waals surface area contributed by atoms with Crippen LogP contribution in [0.4, 0.5) is 0 Å². The highest BCUT2D eigenvalue weighted by Crippen LogP contribution is 2.18. The molecule has 0 bridgehead atoms. The number of carbonyl (C=O) groups excluding carboxylic acids is 3. The van der Waals surface area contributed by atoms with Crippen molar-refractivity contribution < 1.29 is 28.6 Å². The van der Waals surface area contributed by atoms with Gasteiger partial charge in [0.1, 0.15) is 13.2 Å². The topological polar surface area (TPSA) is 78.9 Å². The zero-order chi connectivity index (χ0) is 46.3. The molecule has 1 atom stereocenters. The smallest absolute Gasteiger partial charge is 0.306 e. The fourth-order valence-electron chi connectivity index (χ4n) is 8.65. The zero-order valence-electron chi connectivity index (χ0n) is 43.4. The summed E-state index contributed by atoms with van der Waals surface area (Å²) in [6.07, 6.45) is 49.5. The molecule has 0 radical (unpaired) electrons. The summed E-state index contributed by atoms with van der Waals surface area (Å²) in [5.74, 6) is 1.65. The largest absolute Gasteiger partial charge is 0.462 e. The Labute approximate surface area is 393 Å². The van der Waals surface area contributed by atoms with Gasteiger partial charge < -0.3 is 14.2 Å². The summed E-state index contributed by atoms with van der Waals surface area (Å²) in [6.45, 7) is 13.7. The lowest BCUT2D eigenvalue weighted by Gasteiger charge is -2.18. The lowest BCUT2D eigenvalue weighted by atomic mass is 10.0. The van der Waals surface area contributed by atoms with E-state index in [1.165, 1.54) is 193 Å². The Kier molecular flexibility index (Phi) is 47.1. The van der Waals surface area contributed by atoms with Crippen LogP contribution in [0.2, 0.25) is 0 Å². The average molecular weight is 892 g/mol. The predicted octanol–water partition coefficient (Wildman–Crippen LogP) is 18.3. The van der Waals surface area contributed by atoms with Gasteiger partial charge in [-0.3, -0.25) is 14.4 Å². The van der Waals surface area contributed by atoms with Gasteiger partial charge in [-0.15, -0.1) is 0 Å². The van der Waals surface area contributed by atoms with E-state index in [2.05, 4.69) is 41.5 Å². The molecule has 0 saturated carbocycles. The minimum Gasteiger partial charge on any atom is -0.462 e. The van der Waals surface area contributed by atoms with Crippen molar-refractivity contribution in [3.8, 4) is 0 Å². The van der Waals surface area contributed by atoms with Gasteiger partial charge in [-0.2, -0.15) is 0 Å². The van der Waals surface area contributed by atoms with Gasteiger partial charge in [0, 0.05) is 19.3 Å². The van der Waals surface area contributed by atoms with E-state index in [9.17, 15) is 14.4 Å². The molecule has 0 aliphatic heterocycles. The summed E-state index contributed by atoms with van der Waals surface area (Å²) in [6, 6.07) is 0. The molecular weight excluding hydrogens is 781 g/mol. The van der Waals surface area contributed by atoms with E-state index in [1.54, 1.807) is 0 Å². The summed E-state index contributed by atoms with van der Waals surface area (Å²) >= 11 is 0. The van der Waals surface area contributed by atoms with Crippen LogP contribution in [0.15, 0.2) is 0 Å². The van der Waals surface area contributed by atoms with Gasteiger partial charge in [0.05, 0.1) is 0 Å². The predicted molar refractivity (Wildman–Crippen MR) is 270 cm³/mol. The molecule has 0 fully saturated rings. The van der Waals surface area contributed by atoms with E-state index < -0.39 is 6.10 Å². The van der Waals surface area contributed by atoms with Crippen molar-refractivity contribution in [2.45, 2.75) is 317 Å². The molecule has 0 rings (SSSR count). The Balaban J connectivity index is 4.32. The lowest BCUT2D eigenvalue weighted by molar-refractivity contribution is -0.167. The van der Waals surface area contributed by atoms with Crippen LogP contribution in [-0.2, 0) is 28.6 Å². The summed E-state index contributed by atoms with van der Waals surface area (Å²) in [5.41, 5.74) is 0. The summed E-state index contributed by atoms with van der Waals surface area (Å²) in [7, 11) is 0. The van der Waals surface area contributed by atoms with Crippen molar-refractivity contribution in [3.63, 3.8) is 0 Å². The van der Waals surface area contributed by atoms with Crippen molar-refractivity contribution in [1.29, 1.82) is 0 Å². The summed E-state index contributed by atoms with van der Waals surface area (Å²) in [5, 5.41) is 0. The average Bonchev–Trinajstić information content (AvgIpc) is 3.24. The molecule has 6 heteroatoms.